The number of rotatable bonds is 7. The van der Waals surface area contributed by atoms with E-state index in [0.29, 0.717) is 11.3 Å². The van der Waals surface area contributed by atoms with Crippen LogP contribution in [0.4, 0.5) is 0 Å². The van der Waals surface area contributed by atoms with E-state index < -0.39 is 5.97 Å². The number of carbonyl (C=O) groups excluding carboxylic acids is 1. The van der Waals surface area contributed by atoms with E-state index in [1.54, 1.807) is 12.1 Å². The van der Waals surface area contributed by atoms with Crippen molar-refractivity contribution < 1.29 is 19.4 Å². The molecular weight excluding hydrogens is 296 g/mol. The lowest BCUT2D eigenvalue weighted by molar-refractivity contribution is -0.131. The molecule has 1 rings (SSSR count). The van der Waals surface area contributed by atoms with Gasteiger partial charge >= 0.3 is 5.97 Å². The Morgan fingerprint density at radius 3 is 2.86 bits per heavy atom. The SMILES string of the molecule is N#CCCNC(=O)COc1ccc(C=CC(=O)O)cc1Cl. The molecule has 0 saturated carbocycles. The van der Waals surface area contributed by atoms with Crippen LogP contribution in [-0.2, 0) is 9.59 Å². The van der Waals surface area contributed by atoms with Gasteiger partial charge in [-0.25, -0.2) is 4.79 Å². The van der Waals surface area contributed by atoms with E-state index in [2.05, 4.69) is 5.32 Å². The Morgan fingerprint density at radius 1 is 1.48 bits per heavy atom. The van der Waals surface area contributed by atoms with Crippen LogP contribution in [0.3, 0.4) is 0 Å². The normalized spacial score (nSPS) is 10.1. The largest absolute Gasteiger partial charge is 0.482 e. The van der Waals surface area contributed by atoms with Crippen LogP contribution in [0, 0.1) is 11.3 Å². The molecule has 1 aromatic carbocycles. The minimum atomic E-state index is -1.06. The summed E-state index contributed by atoms with van der Waals surface area (Å²) in [5, 5.41) is 19.6. The summed E-state index contributed by atoms with van der Waals surface area (Å²) >= 11 is 5.97. The highest BCUT2D eigenvalue weighted by Gasteiger charge is 2.06. The summed E-state index contributed by atoms with van der Waals surface area (Å²) in [7, 11) is 0. The molecule has 0 aliphatic heterocycles. The molecule has 0 saturated heterocycles. The van der Waals surface area contributed by atoms with Gasteiger partial charge in [0, 0.05) is 12.6 Å². The predicted octanol–water partition coefficient (Wildman–Crippen LogP) is 1.85. The van der Waals surface area contributed by atoms with E-state index in [1.807, 2.05) is 6.07 Å². The van der Waals surface area contributed by atoms with Gasteiger partial charge in [-0.2, -0.15) is 5.26 Å². The Labute approximate surface area is 126 Å². The van der Waals surface area contributed by atoms with Gasteiger partial charge in [0.2, 0.25) is 0 Å². The molecule has 0 bridgehead atoms. The maximum atomic E-state index is 11.4. The molecule has 0 fully saturated rings. The Balaban J connectivity index is 2.55. The number of carbonyl (C=O) groups is 2. The van der Waals surface area contributed by atoms with Crippen molar-refractivity contribution in [1.29, 1.82) is 5.26 Å². The number of nitrogens with zero attached hydrogens (tertiary/aromatic N) is 1. The fourth-order valence-corrected chi connectivity index (χ4v) is 1.60. The molecule has 6 nitrogen and oxygen atoms in total. The van der Waals surface area contributed by atoms with Crippen molar-refractivity contribution in [3.63, 3.8) is 0 Å². The van der Waals surface area contributed by atoms with Crippen molar-refractivity contribution in [2.75, 3.05) is 13.2 Å². The van der Waals surface area contributed by atoms with E-state index >= 15 is 0 Å². The average molecular weight is 309 g/mol. The van der Waals surface area contributed by atoms with Gasteiger partial charge in [0.15, 0.2) is 6.61 Å². The zero-order valence-corrected chi connectivity index (χ0v) is 11.8. The summed E-state index contributed by atoms with van der Waals surface area (Å²) in [6.45, 7) is 0.0564. The number of nitriles is 1. The highest BCUT2D eigenvalue weighted by atomic mass is 35.5. The van der Waals surface area contributed by atoms with Crippen LogP contribution in [0.15, 0.2) is 24.3 Å². The molecule has 7 heteroatoms. The zero-order chi connectivity index (χ0) is 15.7. The Hall–Kier alpha value is -2.52. The first kappa shape index (κ1) is 16.5. The van der Waals surface area contributed by atoms with Crippen LogP contribution in [-0.4, -0.2) is 30.1 Å². The second-order valence-corrected chi connectivity index (χ2v) is 4.32. The smallest absolute Gasteiger partial charge is 0.328 e. The van der Waals surface area contributed by atoms with Gasteiger partial charge in [-0.05, 0) is 23.8 Å². The van der Waals surface area contributed by atoms with Crippen LogP contribution in [0.1, 0.15) is 12.0 Å². The Morgan fingerprint density at radius 2 is 2.24 bits per heavy atom. The monoisotopic (exact) mass is 308 g/mol. The molecule has 0 aliphatic rings. The Kier molecular flexibility index (Phi) is 6.78. The zero-order valence-electron chi connectivity index (χ0n) is 11.0. The van der Waals surface area contributed by atoms with Gasteiger partial charge in [-0.1, -0.05) is 17.7 Å². The van der Waals surface area contributed by atoms with Gasteiger partial charge < -0.3 is 15.2 Å². The summed E-state index contributed by atoms with van der Waals surface area (Å²) in [4.78, 5) is 21.8. The van der Waals surface area contributed by atoms with E-state index in [9.17, 15) is 9.59 Å². The number of carboxylic acid groups (broad SMARTS) is 1. The Bertz CT molecular complexity index is 593. The first-order chi connectivity index (χ1) is 10.0. The third-order valence-corrected chi connectivity index (χ3v) is 2.59. The number of carboxylic acids is 1. The summed E-state index contributed by atoms with van der Waals surface area (Å²) in [5.41, 5.74) is 0.605. The number of amides is 1. The topological polar surface area (TPSA) is 99.4 Å². The lowest BCUT2D eigenvalue weighted by Crippen LogP contribution is -2.29. The second-order valence-electron chi connectivity index (χ2n) is 3.91. The molecule has 0 spiro atoms. The molecule has 0 unspecified atom stereocenters. The highest BCUT2D eigenvalue weighted by Crippen LogP contribution is 2.25. The predicted molar refractivity (Wildman–Crippen MR) is 76.9 cm³/mol. The standard InChI is InChI=1S/C14H13ClN2O4/c15-11-8-10(3-5-14(19)20)2-4-12(11)21-9-13(18)17-7-1-6-16/h2-5,8H,1,7,9H2,(H,17,18)(H,19,20). The number of halogens is 1. The number of hydrogen-bond donors (Lipinski definition) is 2. The molecule has 0 aliphatic carbocycles. The average Bonchev–Trinajstić information content (AvgIpc) is 2.44. The third-order valence-electron chi connectivity index (χ3n) is 2.29. The molecule has 0 radical (unpaired) electrons. The minimum Gasteiger partial charge on any atom is -0.482 e. The molecule has 1 amide bonds. The van der Waals surface area contributed by atoms with E-state index in [-0.39, 0.29) is 30.5 Å². The van der Waals surface area contributed by atoms with Gasteiger partial charge in [-0.3, -0.25) is 4.79 Å². The fraction of sp³-hybridized carbons (Fsp3) is 0.214. The molecule has 1 aromatic rings. The van der Waals surface area contributed by atoms with Crippen molar-refractivity contribution in [2.45, 2.75) is 6.42 Å². The van der Waals surface area contributed by atoms with Crippen LogP contribution in [0.25, 0.3) is 6.08 Å². The van der Waals surface area contributed by atoms with Crippen molar-refractivity contribution in [2.24, 2.45) is 0 Å². The first-order valence-corrected chi connectivity index (χ1v) is 6.37. The van der Waals surface area contributed by atoms with Crippen LogP contribution < -0.4 is 10.1 Å². The maximum Gasteiger partial charge on any atom is 0.328 e. The minimum absolute atomic E-state index is 0.213. The molecular formula is C14H13ClN2O4. The molecule has 0 aromatic heterocycles. The first-order valence-electron chi connectivity index (χ1n) is 6.00. The summed E-state index contributed by atoms with van der Waals surface area (Å²) in [6.07, 6.45) is 2.62. The lowest BCUT2D eigenvalue weighted by atomic mass is 10.2. The number of benzene rings is 1. The number of nitrogens with one attached hydrogen (secondary N) is 1. The summed E-state index contributed by atoms with van der Waals surface area (Å²) in [6, 6.07) is 6.61. The van der Waals surface area contributed by atoms with Crippen LogP contribution >= 0.6 is 11.6 Å². The maximum absolute atomic E-state index is 11.4. The van der Waals surface area contributed by atoms with Crippen LogP contribution in [0.2, 0.25) is 5.02 Å². The number of aliphatic carboxylic acids is 1. The van der Waals surface area contributed by atoms with Gasteiger partial charge in [-0.15, -0.1) is 0 Å². The van der Waals surface area contributed by atoms with Crippen molar-refractivity contribution in [1.82, 2.24) is 5.32 Å². The van der Waals surface area contributed by atoms with E-state index in [1.165, 1.54) is 12.1 Å². The van der Waals surface area contributed by atoms with Gasteiger partial charge in [0.05, 0.1) is 17.5 Å². The van der Waals surface area contributed by atoms with E-state index in [4.69, 9.17) is 26.7 Å². The number of ether oxygens (including phenoxy) is 1. The van der Waals surface area contributed by atoms with Crippen molar-refractivity contribution >= 4 is 29.6 Å². The summed E-state index contributed by atoms with van der Waals surface area (Å²) < 4.78 is 5.24. The molecule has 0 atom stereocenters. The molecule has 110 valence electrons. The van der Waals surface area contributed by atoms with Gasteiger partial charge in [0.1, 0.15) is 5.75 Å². The highest BCUT2D eigenvalue weighted by molar-refractivity contribution is 6.32. The van der Waals surface area contributed by atoms with Gasteiger partial charge in [0.25, 0.3) is 5.91 Å². The summed E-state index contributed by atoms with van der Waals surface area (Å²) in [5.74, 6) is -1.09. The second kappa shape index (κ2) is 8.61. The lowest BCUT2D eigenvalue weighted by Gasteiger charge is -2.08. The third kappa shape index (κ3) is 6.45. The van der Waals surface area contributed by atoms with E-state index in [0.717, 1.165) is 6.08 Å². The van der Waals surface area contributed by atoms with Crippen molar-refractivity contribution in [3.8, 4) is 11.8 Å². The number of hydrogen-bond acceptors (Lipinski definition) is 4. The molecule has 21 heavy (non-hydrogen) atoms. The van der Waals surface area contributed by atoms with Crippen molar-refractivity contribution in [3.05, 3.63) is 34.9 Å². The fourth-order valence-electron chi connectivity index (χ4n) is 1.36. The quantitative estimate of drug-likeness (QED) is 0.591. The molecule has 2 N–H and O–H groups in total. The molecule has 0 heterocycles. The van der Waals surface area contributed by atoms with Crippen LogP contribution in [0.5, 0.6) is 5.75 Å².